The van der Waals surface area contributed by atoms with Crippen LogP contribution in [0.15, 0.2) is 48.5 Å². The number of nitrogens with one attached hydrogen (secondary N) is 3. The number of carbonyl (C=O) groups is 2. The van der Waals surface area contributed by atoms with E-state index in [0.29, 0.717) is 23.5 Å². The van der Waals surface area contributed by atoms with Crippen LogP contribution >= 0.6 is 12.2 Å². The summed E-state index contributed by atoms with van der Waals surface area (Å²) in [7, 11) is 0. The lowest BCUT2D eigenvalue weighted by molar-refractivity contribution is -0.114. The van der Waals surface area contributed by atoms with Crippen LogP contribution in [-0.2, 0) is 4.79 Å². The molecule has 6 nitrogen and oxygen atoms in total. The van der Waals surface area contributed by atoms with E-state index in [1.165, 1.54) is 19.8 Å². The molecule has 2 rings (SSSR count). The van der Waals surface area contributed by atoms with E-state index >= 15 is 0 Å². The molecule has 0 aliphatic rings. The van der Waals surface area contributed by atoms with E-state index in [-0.39, 0.29) is 16.9 Å². The molecule has 0 atom stereocenters. The van der Waals surface area contributed by atoms with Crippen molar-refractivity contribution < 1.29 is 14.3 Å². The molecule has 0 fully saturated rings. The molecule has 0 saturated carbocycles. The highest BCUT2D eigenvalue weighted by Gasteiger charge is 2.09. The van der Waals surface area contributed by atoms with Gasteiger partial charge in [-0.3, -0.25) is 14.9 Å². The summed E-state index contributed by atoms with van der Waals surface area (Å²) in [6.07, 6.45) is 4.60. The summed E-state index contributed by atoms with van der Waals surface area (Å²) in [5.74, 6) is 0.273. The summed E-state index contributed by atoms with van der Waals surface area (Å²) in [5, 5.41) is 8.45. The molecule has 0 unspecified atom stereocenters. The number of amides is 2. The maximum atomic E-state index is 12.4. The van der Waals surface area contributed by atoms with E-state index in [4.69, 9.17) is 17.0 Å². The third kappa shape index (κ3) is 8.31. The highest BCUT2D eigenvalue weighted by atomic mass is 32.1. The van der Waals surface area contributed by atoms with Crippen molar-refractivity contribution in [2.24, 2.45) is 0 Å². The van der Waals surface area contributed by atoms with Crippen LogP contribution in [0.4, 0.5) is 11.4 Å². The predicted molar refractivity (Wildman–Crippen MR) is 121 cm³/mol. The van der Waals surface area contributed by atoms with Gasteiger partial charge >= 0.3 is 0 Å². The molecule has 2 aromatic rings. The van der Waals surface area contributed by atoms with Crippen LogP contribution < -0.4 is 20.7 Å². The molecule has 154 valence electrons. The van der Waals surface area contributed by atoms with Crippen LogP contribution in [0, 0.1) is 0 Å². The fraction of sp³-hybridized carbons (Fsp3) is 0.318. The van der Waals surface area contributed by atoms with Crippen LogP contribution in [0.1, 0.15) is 49.9 Å². The second-order valence-corrected chi connectivity index (χ2v) is 7.01. The Labute approximate surface area is 177 Å². The Kier molecular flexibility index (Phi) is 9.11. The first-order valence-electron chi connectivity index (χ1n) is 9.71. The molecule has 0 bridgehead atoms. The molecule has 3 N–H and O–H groups in total. The van der Waals surface area contributed by atoms with E-state index in [9.17, 15) is 9.59 Å². The van der Waals surface area contributed by atoms with Crippen LogP contribution in [0.2, 0.25) is 0 Å². The zero-order valence-corrected chi connectivity index (χ0v) is 17.6. The maximum absolute atomic E-state index is 12.4. The Morgan fingerprint density at radius 1 is 0.966 bits per heavy atom. The minimum Gasteiger partial charge on any atom is -0.494 e. The minimum atomic E-state index is -0.310. The van der Waals surface area contributed by atoms with Gasteiger partial charge in [-0.05, 0) is 61.1 Å². The molecular weight excluding hydrogens is 386 g/mol. The van der Waals surface area contributed by atoms with Gasteiger partial charge in [-0.2, -0.15) is 0 Å². The van der Waals surface area contributed by atoms with Crippen LogP contribution in [0.25, 0.3) is 0 Å². The van der Waals surface area contributed by atoms with E-state index in [0.717, 1.165) is 18.6 Å². The Bertz CT molecular complexity index is 837. The summed E-state index contributed by atoms with van der Waals surface area (Å²) in [6.45, 7) is 4.29. The topological polar surface area (TPSA) is 79.5 Å². The molecule has 0 aromatic heterocycles. The Balaban J connectivity index is 1.83. The second-order valence-electron chi connectivity index (χ2n) is 6.60. The quantitative estimate of drug-likeness (QED) is 0.409. The van der Waals surface area contributed by atoms with Crippen molar-refractivity contribution in [3.63, 3.8) is 0 Å². The fourth-order valence-electron chi connectivity index (χ4n) is 2.64. The number of carbonyl (C=O) groups excluding carboxylic acids is 2. The lowest BCUT2D eigenvalue weighted by Gasteiger charge is -2.11. The van der Waals surface area contributed by atoms with Crippen LogP contribution in [0.5, 0.6) is 5.75 Å². The van der Waals surface area contributed by atoms with Gasteiger partial charge in [0.1, 0.15) is 5.75 Å². The summed E-state index contributed by atoms with van der Waals surface area (Å²) in [6, 6.07) is 14.0. The van der Waals surface area contributed by atoms with Crippen molar-refractivity contribution in [2.75, 3.05) is 17.2 Å². The molecular formula is C22H27N3O3S. The summed E-state index contributed by atoms with van der Waals surface area (Å²) in [4.78, 5) is 23.5. The van der Waals surface area contributed by atoms with Gasteiger partial charge < -0.3 is 15.4 Å². The molecule has 0 heterocycles. The molecule has 7 heteroatoms. The Hall–Kier alpha value is -2.93. The maximum Gasteiger partial charge on any atom is 0.257 e. The lowest BCUT2D eigenvalue weighted by atomic mass is 10.2. The molecule has 2 amide bonds. The zero-order valence-electron chi connectivity index (χ0n) is 16.8. The second kappa shape index (κ2) is 11.8. The SMILES string of the molecule is CCCCCCOc1ccc(C(=O)NC(=S)Nc2cccc(NC(C)=O)c2)cc1. The average molecular weight is 414 g/mol. The van der Waals surface area contributed by atoms with Gasteiger partial charge in [0.2, 0.25) is 5.91 Å². The summed E-state index contributed by atoms with van der Waals surface area (Å²) >= 11 is 5.21. The van der Waals surface area contributed by atoms with Crippen molar-refractivity contribution in [2.45, 2.75) is 39.5 Å². The van der Waals surface area contributed by atoms with Crippen molar-refractivity contribution in [3.8, 4) is 5.75 Å². The van der Waals surface area contributed by atoms with Crippen LogP contribution in [0.3, 0.4) is 0 Å². The predicted octanol–water partition coefficient (Wildman–Crippen LogP) is 4.73. The smallest absolute Gasteiger partial charge is 0.257 e. The lowest BCUT2D eigenvalue weighted by Crippen LogP contribution is -2.34. The fourth-order valence-corrected chi connectivity index (χ4v) is 2.85. The van der Waals surface area contributed by atoms with Crippen LogP contribution in [-0.4, -0.2) is 23.5 Å². The first-order chi connectivity index (χ1) is 14.0. The monoisotopic (exact) mass is 413 g/mol. The number of unbranched alkanes of at least 4 members (excludes halogenated alkanes) is 3. The Morgan fingerprint density at radius 3 is 2.31 bits per heavy atom. The molecule has 0 aliphatic heterocycles. The number of hydrogen-bond donors (Lipinski definition) is 3. The molecule has 0 radical (unpaired) electrons. The largest absolute Gasteiger partial charge is 0.494 e. The number of benzene rings is 2. The normalized spacial score (nSPS) is 10.1. The van der Waals surface area contributed by atoms with Gasteiger partial charge in [-0.15, -0.1) is 0 Å². The first kappa shape index (κ1) is 22.4. The van der Waals surface area contributed by atoms with E-state index in [2.05, 4.69) is 22.9 Å². The highest BCUT2D eigenvalue weighted by molar-refractivity contribution is 7.80. The van der Waals surface area contributed by atoms with Gasteiger partial charge in [0.25, 0.3) is 5.91 Å². The van der Waals surface area contributed by atoms with Gasteiger partial charge in [-0.25, -0.2) is 0 Å². The van der Waals surface area contributed by atoms with E-state index in [1.807, 2.05) is 0 Å². The van der Waals surface area contributed by atoms with Crippen molar-refractivity contribution in [3.05, 3.63) is 54.1 Å². The number of anilines is 2. The molecule has 29 heavy (non-hydrogen) atoms. The standard InChI is InChI=1S/C22H27N3O3S/c1-3-4-5-6-14-28-20-12-10-17(11-13-20)21(27)25-22(29)24-19-9-7-8-18(15-19)23-16(2)26/h7-13,15H,3-6,14H2,1-2H3,(H,23,26)(H2,24,25,27,29). The number of thiocarbonyl (C=S) groups is 1. The minimum absolute atomic E-state index is 0.161. The summed E-state index contributed by atoms with van der Waals surface area (Å²) in [5.41, 5.74) is 1.79. The zero-order chi connectivity index (χ0) is 21.1. The van der Waals surface area contributed by atoms with Crippen molar-refractivity contribution in [1.29, 1.82) is 0 Å². The van der Waals surface area contributed by atoms with Gasteiger partial charge in [0, 0.05) is 23.9 Å². The number of hydrogen-bond acceptors (Lipinski definition) is 4. The molecule has 0 aliphatic carbocycles. The average Bonchev–Trinajstić information content (AvgIpc) is 2.68. The molecule has 0 saturated heterocycles. The van der Waals surface area contributed by atoms with Gasteiger partial charge in [0.15, 0.2) is 5.11 Å². The Morgan fingerprint density at radius 2 is 1.66 bits per heavy atom. The van der Waals surface area contributed by atoms with Crippen molar-refractivity contribution >= 4 is 40.5 Å². The summed E-state index contributed by atoms with van der Waals surface area (Å²) < 4.78 is 5.69. The third-order valence-corrected chi connectivity index (χ3v) is 4.26. The first-order valence-corrected chi connectivity index (χ1v) is 10.1. The van der Waals surface area contributed by atoms with Crippen molar-refractivity contribution in [1.82, 2.24) is 5.32 Å². The van der Waals surface area contributed by atoms with Gasteiger partial charge in [0.05, 0.1) is 6.61 Å². The highest BCUT2D eigenvalue weighted by Crippen LogP contribution is 2.16. The van der Waals surface area contributed by atoms with Gasteiger partial charge in [-0.1, -0.05) is 32.3 Å². The van der Waals surface area contributed by atoms with E-state index in [1.54, 1.807) is 48.5 Å². The van der Waals surface area contributed by atoms with E-state index < -0.39 is 0 Å². The third-order valence-electron chi connectivity index (χ3n) is 4.05. The number of ether oxygens (including phenoxy) is 1. The molecule has 2 aromatic carbocycles. The molecule has 0 spiro atoms. The number of rotatable bonds is 9.